The molecule has 0 spiro atoms. The van der Waals surface area contributed by atoms with Crippen LogP contribution in [0.1, 0.15) is 358 Å². The third-order valence-electron chi connectivity index (χ3n) is 18.0. The molecule has 0 fully saturated rings. The van der Waals surface area contributed by atoms with Crippen LogP contribution in [0.25, 0.3) is 21.5 Å². The van der Waals surface area contributed by atoms with Gasteiger partial charge in [-0.15, -0.1) is 0 Å². The van der Waals surface area contributed by atoms with Crippen LogP contribution in [0.15, 0.2) is 70.5 Å². The number of unbranched alkanes of at least 4 members (excludes halogenated alkanes) is 44. The van der Waals surface area contributed by atoms with E-state index in [9.17, 15) is 25.9 Å². The Hall–Kier alpha value is -1.21. The summed E-state index contributed by atoms with van der Waals surface area (Å²) in [6.07, 6.45) is 68.3. The van der Waals surface area contributed by atoms with Gasteiger partial charge in [-0.25, -0.2) is 16.8 Å². The molecule has 0 aromatic heterocycles. The Morgan fingerprint density at radius 3 is 0.671 bits per heavy atom. The summed E-state index contributed by atoms with van der Waals surface area (Å²) in [5.41, 5.74) is 5.11. The molecule has 0 aliphatic rings. The molecule has 0 aliphatic carbocycles. The number of aryl methyl sites for hydroxylation is 4. The van der Waals surface area contributed by atoms with Gasteiger partial charge in [-0.2, -0.15) is 0 Å². The first-order chi connectivity index (χ1) is 40.9. The molecule has 0 saturated heterocycles. The molecule has 0 unspecified atom stereocenters. The Morgan fingerprint density at radius 1 is 0.259 bits per heavy atom. The van der Waals surface area contributed by atoms with Crippen LogP contribution in [0.5, 0.6) is 0 Å². The number of hydrogen-bond acceptors (Lipinski definition) is 6. The standard InChI is InChI=1S/2C38H64O3S.Ba/c2*1-3-5-7-9-11-13-15-17-19-21-23-25-27-34-31-35(38-33-37(42(39,40)41)30-29-36(38)32-34)28-26-24-22-20-18-16-14-12-10-8-6-4-2;/h2*29-33H,3-28H2,1-2H3,(H,39,40,41);/q;;+2/p-2. The second-order valence-corrected chi connectivity index (χ2v) is 28.5. The number of hydrogen-bond donors (Lipinski definition) is 0. The van der Waals surface area contributed by atoms with Gasteiger partial charge >= 0.3 is 48.9 Å². The Balaban J connectivity index is 0.000000573. The SMILES string of the molecule is CCCCCCCCCCCCCCc1cc(CCCCCCCCCCCCCC)c2cc(S(=O)(=O)[O-])ccc2c1.CCCCCCCCCCCCCCc1cc(CCCCCCCCCCCCCC)c2cc(S(=O)(=O)[O-])ccc2c1.[Ba+2]. The summed E-state index contributed by atoms with van der Waals surface area (Å²) in [4.78, 5) is -0.223. The minimum absolute atomic E-state index is 0. The second-order valence-electron chi connectivity index (χ2n) is 25.7. The van der Waals surface area contributed by atoms with Crippen LogP contribution < -0.4 is 0 Å². The van der Waals surface area contributed by atoms with E-state index in [-0.39, 0.29) is 58.7 Å². The Labute approximate surface area is 565 Å². The maximum atomic E-state index is 11.7. The van der Waals surface area contributed by atoms with Crippen molar-refractivity contribution < 1.29 is 25.9 Å². The van der Waals surface area contributed by atoms with Gasteiger partial charge in [0.15, 0.2) is 0 Å². The maximum absolute atomic E-state index is 11.7. The van der Waals surface area contributed by atoms with Gasteiger partial charge in [0, 0.05) is 0 Å². The predicted octanol–water partition coefficient (Wildman–Crippen LogP) is 24.1. The zero-order valence-electron chi connectivity index (χ0n) is 55.5. The molecule has 6 nitrogen and oxygen atoms in total. The van der Waals surface area contributed by atoms with E-state index in [0.717, 1.165) is 60.1 Å². The van der Waals surface area contributed by atoms with Gasteiger partial charge in [-0.3, -0.25) is 0 Å². The largest absolute Gasteiger partial charge is 2.00 e. The molecule has 0 N–H and O–H groups in total. The first-order valence-corrected chi connectivity index (χ1v) is 38.8. The average Bonchev–Trinajstić information content (AvgIpc) is 2.09. The van der Waals surface area contributed by atoms with Crippen LogP contribution in [-0.4, -0.2) is 74.8 Å². The molecule has 0 atom stereocenters. The van der Waals surface area contributed by atoms with Crippen molar-refractivity contribution in [2.75, 3.05) is 0 Å². The molecule has 0 saturated carbocycles. The van der Waals surface area contributed by atoms with E-state index >= 15 is 0 Å². The Kier molecular flexibility index (Phi) is 49.3. The molecule has 4 aromatic rings. The number of benzene rings is 4. The number of fused-ring (bicyclic) bond motifs is 2. The van der Waals surface area contributed by atoms with E-state index in [0.29, 0.717) is 0 Å². The molecule has 0 radical (unpaired) electrons. The van der Waals surface area contributed by atoms with Crippen LogP contribution in [-0.2, 0) is 45.9 Å². The van der Waals surface area contributed by atoms with Crippen molar-refractivity contribution in [1.82, 2.24) is 0 Å². The van der Waals surface area contributed by atoms with Crippen molar-refractivity contribution in [3.05, 3.63) is 82.9 Å². The van der Waals surface area contributed by atoms with Gasteiger partial charge in [0.2, 0.25) is 0 Å². The van der Waals surface area contributed by atoms with Gasteiger partial charge in [-0.1, -0.05) is 347 Å². The van der Waals surface area contributed by atoms with Crippen molar-refractivity contribution in [2.24, 2.45) is 0 Å². The molecule has 4 aromatic carbocycles. The summed E-state index contributed by atoms with van der Waals surface area (Å²) in [7, 11) is -8.91. The van der Waals surface area contributed by atoms with Crippen molar-refractivity contribution in [3.8, 4) is 0 Å². The zero-order valence-corrected chi connectivity index (χ0v) is 61.6. The van der Waals surface area contributed by atoms with E-state index in [1.807, 2.05) is 12.1 Å². The van der Waals surface area contributed by atoms with Gasteiger partial charge in [0.05, 0.1) is 9.79 Å². The smallest absolute Gasteiger partial charge is 0.744 e. The van der Waals surface area contributed by atoms with Gasteiger partial charge in [-0.05, 0) is 119 Å². The Bertz CT molecular complexity index is 2300. The van der Waals surface area contributed by atoms with Crippen molar-refractivity contribution in [3.63, 3.8) is 0 Å². The monoisotopic (exact) mass is 1340 g/mol. The predicted molar refractivity (Wildman–Crippen MR) is 369 cm³/mol. The second kappa shape index (κ2) is 52.4. The fourth-order valence-corrected chi connectivity index (χ4v) is 13.6. The molecule has 480 valence electrons. The first kappa shape index (κ1) is 79.9. The first-order valence-electron chi connectivity index (χ1n) is 35.9. The van der Waals surface area contributed by atoms with Crippen molar-refractivity contribution in [1.29, 1.82) is 0 Å². The van der Waals surface area contributed by atoms with Crippen molar-refractivity contribution >= 4 is 90.7 Å². The molecule has 0 amide bonds. The fraction of sp³-hybridized carbons (Fsp3) is 0.737. The fourth-order valence-electron chi connectivity index (χ4n) is 12.6. The minimum Gasteiger partial charge on any atom is -0.744 e. The van der Waals surface area contributed by atoms with Crippen LogP contribution in [0.3, 0.4) is 0 Å². The third kappa shape index (κ3) is 39.6. The van der Waals surface area contributed by atoms with Crippen LogP contribution in [0.4, 0.5) is 0 Å². The molecule has 4 rings (SSSR count). The molecule has 85 heavy (non-hydrogen) atoms. The molecular formula is C76H126BaO6S2. The minimum atomic E-state index is -4.45. The zero-order chi connectivity index (χ0) is 60.6. The molecule has 0 heterocycles. The van der Waals surface area contributed by atoms with Crippen LogP contribution >= 0.6 is 0 Å². The van der Waals surface area contributed by atoms with Crippen LogP contribution in [0, 0.1) is 0 Å². The van der Waals surface area contributed by atoms with E-state index in [2.05, 4.69) is 52.0 Å². The van der Waals surface area contributed by atoms with E-state index < -0.39 is 20.2 Å². The summed E-state index contributed by atoms with van der Waals surface area (Å²) >= 11 is 0. The molecule has 0 aliphatic heterocycles. The van der Waals surface area contributed by atoms with Crippen LogP contribution in [0.2, 0.25) is 0 Å². The Morgan fingerprint density at radius 2 is 0.459 bits per heavy atom. The quantitative estimate of drug-likeness (QED) is 0.0247. The topological polar surface area (TPSA) is 114 Å². The van der Waals surface area contributed by atoms with E-state index in [1.165, 1.54) is 330 Å². The summed E-state index contributed by atoms with van der Waals surface area (Å²) in [5, 5.41) is 4.00. The summed E-state index contributed by atoms with van der Waals surface area (Å²) in [6, 6.07) is 18.8. The summed E-state index contributed by atoms with van der Waals surface area (Å²) in [5.74, 6) is 0. The molecule has 0 bridgehead atoms. The van der Waals surface area contributed by atoms with E-state index in [4.69, 9.17) is 0 Å². The number of rotatable bonds is 54. The van der Waals surface area contributed by atoms with Crippen molar-refractivity contribution in [2.45, 2.75) is 371 Å². The molecule has 9 heteroatoms. The summed E-state index contributed by atoms with van der Waals surface area (Å²) in [6.45, 7) is 9.10. The van der Waals surface area contributed by atoms with Gasteiger partial charge in [0.25, 0.3) is 0 Å². The average molecular weight is 1340 g/mol. The van der Waals surface area contributed by atoms with E-state index in [1.54, 1.807) is 12.1 Å². The van der Waals surface area contributed by atoms with Gasteiger partial charge < -0.3 is 9.11 Å². The maximum Gasteiger partial charge on any atom is 2.00 e. The summed E-state index contributed by atoms with van der Waals surface area (Å²) < 4.78 is 70.3. The molecular weight excluding hydrogens is 1210 g/mol. The third-order valence-corrected chi connectivity index (χ3v) is 19.6. The van der Waals surface area contributed by atoms with Gasteiger partial charge in [0.1, 0.15) is 20.2 Å². The normalized spacial score (nSPS) is 11.8.